The molecule has 0 saturated heterocycles. The summed E-state index contributed by atoms with van der Waals surface area (Å²) in [5, 5.41) is 12.1. The summed E-state index contributed by atoms with van der Waals surface area (Å²) in [6, 6.07) is 6.21. The van der Waals surface area contributed by atoms with Crippen LogP contribution in [-0.2, 0) is 24.1 Å². The van der Waals surface area contributed by atoms with Crippen molar-refractivity contribution in [2.24, 2.45) is 5.92 Å². The highest BCUT2D eigenvalue weighted by atomic mass is 16.3. The number of nitrogens with one attached hydrogen (secondary N) is 1. The van der Waals surface area contributed by atoms with Crippen LogP contribution in [0.5, 0.6) is 0 Å². The van der Waals surface area contributed by atoms with Crippen LogP contribution < -0.4 is 5.32 Å². The lowest BCUT2D eigenvalue weighted by atomic mass is 10.0. The van der Waals surface area contributed by atoms with Gasteiger partial charge in [-0.3, -0.25) is 4.79 Å². The maximum atomic E-state index is 12.0. The van der Waals surface area contributed by atoms with Crippen LogP contribution in [0.15, 0.2) is 18.2 Å². The molecular weight excluding hydrogens is 238 g/mol. The Morgan fingerprint density at radius 3 is 2.74 bits per heavy atom. The van der Waals surface area contributed by atoms with Gasteiger partial charge in [-0.1, -0.05) is 32.0 Å². The molecule has 3 nitrogen and oxygen atoms in total. The first-order valence-corrected chi connectivity index (χ1v) is 7.11. The summed E-state index contributed by atoms with van der Waals surface area (Å²) in [5.74, 6) is 0.236. The molecule has 1 aromatic carbocycles. The quantitative estimate of drug-likeness (QED) is 0.850. The smallest absolute Gasteiger partial charge is 0.224 e. The summed E-state index contributed by atoms with van der Waals surface area (Å²) in [6.45, 7) is 3.99. The van der Waals surface area contributed by atoms with Gasteiger partial charge in [0.1, 0.15) is 0 Å². The Kier molecular flexibility index (Phi) is 4.59. The summed E-state index contributed by atoms with van der Waals surface area (Å²) in [6.07, 6.45) is 3.93. The molecule has 1 atom stereocenters. The van der Waals surface area contributed by atoms with E-state index in [2.05, 4.69) is 17.4 Å². The second-order valence-electron chi connectivity index (χ2n) is 5.73. The van der Waals surface area contributed by atoms with Crippen molar-refractivity contribution in [1.29, 1.82) is 0 Å². The second-order valence-corrected chi connectivity index (χ2v) is 5.73. The Labute approximate surface area is 115 Å². The zero-order valence-corrected chi connectivity index (χ0v) is 11.8. The number of hydrogen-bond donors (Lipinski definition) is 2. The number of benzene rings is 1. The van der Waals surface area contributed by atoms with Crippen LogP contribution >= 0.6 is 0 Å². The highest BCUT2D eigenvalue weighted by Crippen LogP contribution is 2.23. The predicted molar refractivity (Wildman–Crippen MR) is 76.0 cm³/mol. The zero-order valence-electron chi connectivity index (χ0n) is 11.8. The molecule has 19 heavy (non-hydrogen) atoms. The lowest BCUT2D eigenvalue weighted by Crippen LogP contribution is -2.41. The third-order valence-electron chi connectivity index (χ3n) is 3.88. The predicted octanol–water partition coefficient (Wildman–Crippen LogP) is 1.85. The van der Waals surface area contributed by atoms with Crippen molar-refractivity contribution in [2.75, 3.05) is 6.61 Å². The molecule has 1 aromatic rings. The minimum atomic E-state index is -0.151. The topological polar surface area (TPSA) is 49.3 Å². The van der Waals surface area contributed by atoms with Gasteiger partial charge in [0.15, 0.2) is 0 Å². The number of aliphatic hydroxyl groups is 1. The van der Waals surface area contributed by atoms with E-state index in [4.69, 9.17) is 0 Å². The van der Waals surface area contributed by atoms with Gasteiger partial charge in [-0.05, 0) is 41.9 Å². The summed E-state index contributed by atoms with van der Waals surface area (Å²) < 4.78 is 0. The normalized spacial score (nSPS) is 15.4. The van der Waals surface area contributed by atoms with E-state index in [1.807, 2.05) is 19.9 Å². The van der Waals surface area contributed by atoms with E-state index in [1.165, 1.54) is 24.0 Å². The number of carbonyl (C=O) groups is 1. The van der Waals surface area contributed by atoms with E-state index in [9.17, 15) is 9.90 Å². The largest absolute Gasteiger partial charge is 0.394 e. The molecule has 0 bridgehead atoms. The maximum absolute atomic E-state index is 12.0. The molecule has 0 radical (unpaired) electrons. The second kappa shape index (κ2) is 6.20. The molecular formula is C16H23NO2. The highest BCUT2D eigenvalue weighted by molar-refractivity contribution is 5.79. The maximum Gasteiger partial charge on any atom is 0.224 e. The molecule has 0 heterocycles. The van der Waals surface area contributed by atoms with Gasteiger partial charge in [-0.25, -0.2) is 0 Å². The summed E-state index contributed by atoms with van der Waals surface area (Å²) >= 11 is 0. The fourth-order valence-corrected chi connectivity index (χ4v) is 2.60. The number of carbonyl (C=O) groups excluding carboxylic acids is 1. The Morgan fingerprint density at radius 1 is 1.32 bits per heavy atom. The van der Waals surface area contributed by atoms with Gasteiger partial charge < -0.3 is 10.4 Å². The SMILES string of the molecule is CC(C)C(CO)NC(=O)Cc1ccc2c(c1)CCC2. The van der Waals surface area contributed by atoms with E-state index in [0.717, 1.165) is 12.0 Å². The van der Waals surface area contributed by atoms with Crippen LogP contribution in [0.4, 0.5) is 0 Å². The number of fused-ring (bicyclic) bond motifs is 1. The van der Waals surface area contributed by atoms with Gasteiger partial charge in [-0.15, -0.1) is 0 Å². The lowest BCUT2D eigenvalue weighted by Gasteiger charge is -2.20. The third-order valence-corrected chi connectivity index (χ3v) is 3.88. The summed E-state index contributed by atoms with van der Waals surface area (Å²) in [4.78, 5) is 12.0. The number of amides is 1. The minimum absolute atomic E-state index is 0.00635. The van der Waals surface area contributed by atoms with Crippen molar-refractivity contribution in [3.8, 4) is 0 Å². The van der Waals surface area contributed by atoms with Crippen molar-refractivity contribution in [3.05, 3.63) is 34.9 Å². The van der Waals surface area contributed by atoms with Crippen molar-refractivity contribution in [2.45, 2.75) is 45.6 Å². The average molecular weight is 261 g/mol. The fraction of sp³-hybridized carbons (Fsp3) is 0.562. The Hall–Kier alpha value is -1.35. The van der Waals surface area contributed by atoms with Crippen molar-refractivity contribution < 1.29 is 9.90 Å². The van der Waals surface area contributed by atoms with Crippen molar-refractivity contribution in [1.82, 2.24) is 5.32 Å². The van der Waals surface area contributed by atoms with E-state index >= 15 is 0 Å². The first-order valence-electron chi connectivity index (χ1n) is 7.11. The van der Waals surface area contributed by atoms with E-state index < -0.39 is 0 Å². The molecule has 0 aliphatic heterocycles. The van der Waals surface area contributed by atoms with Crippen LogP contribution in [0.1, 0.15) is 37.0 Å². The van der Waals surface area contributed by atoms with E-state index in [1.54, 1.807) is 0 Å². The third kappa shape index (κ3) is 3.57. The van der Waals surface area contributed by atoms with Crippen LogP contribution in [-0.4, -0.2) is 23.7 Å². The molecule has 1 amide bonds. The monoisotopic (exact) mass is 261 g/mol. The van der Waals surface area contributed by atoms with Gasteiger partial charge in [0, 0.05) is 0 Å². The molecule has 104 valence electrons. The molecule has 3 heteroatoms. The lowest BCUT2D eigenvalue weighted by molar-refractivity contribution is -0.121. The average Bonchev–Trinajstić information content (AvgIpc) is 2.82. The minimum Gasteiger partial charge on any atom is -0.394 e. The van der Waals surface area contributed by atoms with E-state index in [-0.39, 0.29) is 24.5 Å². The van der Waals surface area contributed by atoms with Gasteiger partial charge in [-0.2, -0.15) is 0 Å². The molecule has 2 rings (SSSR count). The zero-order chi connectivity index (χ0) is 13.8. The first-order chi connectivity index (χ1) is 9.10. The number of aryl methyl sites for hydroxylation is 2. The molecule has 0 fully saturated rings. The standard InChI is InChI=1S/C16H23NO2/c1-11(2)15(10-18)17-16(19)9-12-6-7-13-4-3-5-14(13)8-12/h6-8,11,15,18H,3-5,9-10H2,1-2H3,(H,17,19). The van der Waals surface area contributed by atoms with Gasteiger partial charge >= 0.3 is 0 Å². The van der Waals surface area contributed by atoms with Crippen LogP contribution in [0, 0.1) is 5.92 Å². The first kappa shape index (κ1) is 14.1. The molecule has 1 aliphatic carbocycles. The number of hydrogen-bond acceptors (Lipinski definition) is 2. The molecule has 0 aromatic heterocycles. The summed E-state index contributed by atoms with van der Waals surface area (Å²) in [5.41, 5.74) is 3.89. The van der Waals surface area contributed by atoms with Gasteiger partial charge in [0.2, 0.25) is 5.91 Å². The molecule has 1 aliphatic rings. The number of rotatable bonds is 5. The molecule has 1 unspecified atom stereocenters. The van der Waals surface area contributed by atoms with Crippen LogP contribution in [0.3, 0.4) is 0 Å². The Morgan fingerprint density at radius 2 is 2.05 bits per heavy atom. The number of aliphatic hydroxyl groups excluding tert-OH is 1. The van der Waals surface area contributed by atoms with Gasteiger partial charge in [0.05, 0.1) is 19.1 Å². The molecule has 0 spiro atoms. The van der Waals surface area contributed by atoms with Gasteiger partial charge in [0.25, 0.3) is 0 Å². The van der Waals surface area contributed by atoms with Crippen molar-refractivity contribution >= 4 is 5.91 Å². The van der Waals surface area contributed by atoms with E-state index in [0.29, 0.717) is 6.42 Å². The Balaban J connectivity index is 1.95. The summed E-state index contributed by atoms with van der Waals surface area (Å²) in [7, 11) is 0. The van der Waals surface area contributed by atoms with Crippen LogP contribution in [0.2, 0.25) is 0 Å². The highest BCUT2D eigenvalue weighted by Gasteiger charge is 2.16. The Bertz CT molecular complexity index is 454. The van der Waals surface area contributed by atoms with Crippen molar-refractivity contribution in [3.63, 3.8) is 0 Å². The van der Waals surface area contributed by atoms with Crippen LogP contribution in [0.25, 0.3) is 0 Å². The fourth-order valence-electron chi connectivity index (χ4n) is 2.60. The molecule has 0 saturated carbocycles. The molecule has 2 N–H and O–H groups in total.